The minimum atomic E-state index is -1.15. The zero-order chi connectivity index (χ0) is 15.3. The van der Waals surface area contributed by atoms with Crippen LogP contribution in [0.3, 0.4) is 0 Å². The van der Waals surface area contributed by atoms with Gasteiger partial charge in [-0.25, -0.2) is 0 Å². The quantitative estimate of drug-likeness (QED) is 0.850. The van der Waals surface area contributed by atoms with E-state index in [1.165, 1.54) is 0 Å². The fourth-order valence-electron chi connectivity index (χ4n) is 2.30. The summed E-state index contributed by atoms with van der Waals surface area (Å²) in [7, 11) is 1.97. The van der Waals surface area contributed by atoms with E-state index in [1.807, 2.05) is 67.7 Å². The Labute approximate surface area is 125 Å². The molecule has 0 heterocycles. The van der Waals surface area contributed by atoms with Gasteiger partial charge in [0.1, 0.15) is 5.54 Å². The molecule has 0 spiro atoms. The van der Waals surface area contributed by atoms with Crippen molar-refractivity contribution in [1.82, 2.24) is 0 Å². The van der Waals surface area contributed by atoms with Crippen LogP contribution in [0.15, 0.2) is 60.7 Å². The number of rotatable bonds is 6. The number of hydrogen-bond donors (Lipinski definition) is 2. The molecule has 0 saturated heterocycles. The number of hydrogen-bond acceptors (Lipinski definition) is 3. The molecule has 0 bridgehead atoms. The smallest absolute Gasteiger partial charge is 0.242 e. The minimum Gasteiger partial charge on any atom is -0.374 e. The third kappa shape index (κ3) is 3.41. The standard InChI is InChI=1S/C17H21N3O/c1-20(15-10-6-3-7-11-15)13-12-17(19,16(18)21)14-8-4-2-5-9-14/h2-11H,12-13,19H2,1H3,(H2,18,21). The van der Waals surface area contributed by atoms with Crippen LogP contribution >= 0.6 is 0 Å². The summed E-state index contributed by atoms with van der Waals surface area (Å²) >= 11 is 0. The third-order valence-corrected chi connectivity index (χ3v) is 3.77. The molecule has 0 aliphatic carbocycles. The lowest BCUT2D eigenvalue weighted by Gasteiger charge is -2.29. The molecule has 0 saturated carbocycles. The Balaban J connectivity index is 2.13. The molecule has 4 heteroatoms. The van der Waals surface area contributed by atoms with Crippen LogP contribution in [0, 0.1) is 0 Å². The molecule has 110 valence electrons. The number of benzene rings is 2. The molecule has 1 unspecified atom stereocenters. The Bertz CT molecular complexity index is 585. The Kier molecular flexibility index (Phi) is 4.60. The van der Waals surface area contributed by atoms with Crippen molar-refractivity contribution in [3.05, 3.63) is 66.2 Å². The first-order valence-electron chi connectivity index (χ1n) is 6.94. The maximum absolute atomic E-state index is 11.8. The number of amides is 1. The normalized spacial score (nSPS) is 13.4. The number of primary amides is 1. The molecule has 0 aromatic heterocycles. The minimum absolute atomic E-state index is 0.456. The van der Waals surface area contributed by atoms with Gasteiger partial charge in [0.05, 0.1) is 0 Å². The highest BCUT2D eigenvalue weighted by Crippen LogP contribution is 2.23. The van der Waals surface area contributed by atoms with Crippen molar-refractivity contribution in [3.8, 4) is 0 Å². The van der Waals surface area contributed by atoms with Crippen LogP contribution < -0.4 is 16.4 Å². The summed E-state index contributed by atoms with van der Waals surface area (Å²) in [5.74, 6) is -0.504. The van der Waals surface area contributed by atoms with E-state index in [-0.39, 0.29) is 0 Å². The summed E-state index contributed by atoms with van der Waals surface area (Å²) in [6.07, 6.45) is 0.456. The van der Waals surface area contributed by atoms with Crippen LogP contribution in [-0.2, 0) is 10.3 Å². The second-order valence-electron chi connectivity index (χ2n) is 5.21. The van der Waals surface area contributed by atoms with Crippen LogP contribution in [0.4, 0.5) is 5.69 Å². The maximum atomic E-state index is 11.8. The molecule has 2 rings (SSSR count). The number of para-hydroxylation sites is 1. The monoisotopic (exact) mass is 283 g/mol. The van der Waals surface area contributed by atoms with Gasteiger partial charge in [-0.15, -0.1) is 0 Å². The Morgan fingerprint density at radius 1 is 1.05 bits per heavy atom. The Morgan fingerprint density at radius 3 is 2.10 bits per heavy atom. The van der Waals surface area contributed by atoms with Gasteiger partial charge in [0.15, 0.2) is 0 Å². The van der Waals surface area contributed by atoms with Gasteiger partial charge in [-0.1, -0.05) is 48.5 Å². The highest BCUT2D eigenvalue weighted by atomic mass is 16.1. The van der Waals surface area contributed by atoms with Gasteiger partial charge in [0.2, 0.25) is 5.91 Å². The summed E-state index contributed by atoms with van der Waals surface area (Å²) in [6, 6.07) is 19.3. The highest BCUT2D eigenvalue weighted by molar-refractivity contribution is 5.86. The van der Waals surface area contributed by atoms with E-state index in [1.54, 1.807) is 0 Å². The molecular formula is C17H21N3O. The maximum Gasteiger partial charge on any atom is 0.242 e. The largest absolute Gasteiger partial charge is 0.374 e. The van der Waals surface area contributed by atoms with E-state index in [2.05, 4.69) is 4.90 Å². The molecule has 0 aliphatic heterocycles. The van der Waals surface area contributed by atoms with E-state index >= 15 is 0 Å². The first-order chi connectivity index (χ1) is 10.0. The summed E-state index contributed by atoms with van der Waals surface area (Å²) in [4.78, 5) is 13.9. The Morgan fingerprint density at radius 2 is 1.57 bits per heavy atom. The highest BCUT2D eigenvalue weighted by Gasteiger charge is 2.33. The second kappa shape index (κ2) is 6.41. The van der Waals surface area contributed by atoms with E-state index in [0.29, 0.717) is 13.0 Å². The average Bonchev–Trinajstić information content (AvgIpc) is 2.53. The van der Waals surface area contributed by atoms with Crippen LogP contribution in [0.5, 0.6) is 0 Å². The van der Waals surface area contributed by atoms with Crippen molar-refractivity contribution in [2.45, 2.75) is 12.0 Å². The van der Waals surface area contributed by atoms with Crippen LogP contribution in [0.25, 0.3) is 0 Å². The zero-order valence-electron chi connectivity index (χ0n) is 12.2. The van der Waals surface area contributed by atoms with E-state index in [0.717, 1.165) is 11.3 Å². The van der Waals surface area contributed by atoms with E-state index in [4.69, 9.17) is 11.5 Å². The molecule has 2 aromatic rings. The van der Waals surface area contributed by atoms with Crippen molar-refractivity contribution in [1.29, 1.82) is 0 Å². The van der Waals surface area contributed by atoms with E-state index < -0.39 is 11.4 Å². The van der Waals surface area contributed by atoms with Gasteiger partial charge in [0.25, 0.3) is 0 Å². The first kappa shape index (κ1) is 15.1. The molecule has 0 radical (unpaired) electrons. The molecule has 21 heavy (non-hydrogen) atoms. The Hall–Kier alpha value is -2.33. The second-order valence-corrected chi connectivity index (χ2v) is 5.21. The van der Waals surface area contributed by atoms with Gasteiger partial charge < -0.3 is 16.4 Å². The van der Waals surface area contributed by atoms with Crippen molar-refractivity contribution < 1.29 is 4.79 Å². The molecule has 1 amide bonds. The van der Waals surface area contributed by atoms with Gasteiger partial charge in [-0.05, 0) is 24.1 Å². The summed E-state index contributed by atoms with van der Waals surface area (Å²) < 4.78 is 0. The first-order valence-corrected chi connectivity index (χ1v) is 6.94. The molecule has 4 N–H and O–H groups in total. The molecular weight excluding hydrogens is 262 g/mol. The van der Waals surface area contributed by atoms with Crippen LogP contribution in [0.2, 0.25) is 0 Å². The predicted octanol–water partition coefficient (Wildman–Crippen LogP) is 1.85. The average molecular weight is 283 g/mol. The molecule has 2 aromatic carbocycles. The molecule has 4 nitrogen and oxygen atoms in total. The number of carbonyl (C=O) groups is 1. The molecule has 1 atom stereocenters. The topological polar surface area (TPSA) is 72.3 Å². The summed E-state index contributed by atoms with van der Waals surface area (Å²) in [6.45, 7) is 0.637. The van der Waals surface area contributed by atoms with Gasteiger partial charge in [0, 0.05) is 19.3 Å². The van der Waals surface area contributed by atoms with Crippen LogP contribution in [-0.4, -0.2) is 19.5 Å². The third-order valence-electron chi connectivity index (χ3n) is 3.77. The lowest BCUT2D eigenvalue weighted by atomic mass is 9.86. The van der Waals surface area contributed by atoms with Crippen molar-refractivity contribution in [2.24, 2.45) is 11.5 Å². The fraction of sp³-hybridized carbons (Fsp3) is 0.235. The number of anilines is 1. The molecule has 0 aliphatic rings. The lowest BCUT2D eigenvalue weighted by molar-refractivity contribution is -0.123. The van der Waals surface area contributed by atoms with E-state index in [9.17, 15) is 4.79 Å². The predicted molar refractivity (Wildman–Crippen MR) is 85.8 cm³/mol. The fourth-order valence-corrected chi connectivity index (χ4v) is 2.30. The number of carbonyl (C=O) groups excluding carboxylic acids is 1. The number of nitrogens with zero attached hydrogens (tertiary/aromatic N) is 1. The van der Waals surface area contributed by atoms with Gasteiger partial charge in [-0.3, -0.25) is 4.79 Å². The number of nitrogens with two attached hydrogens (primary N) is 2. The summed E-state index contributed by atoms with van der Waals surface area (Å²) in [5.41, 5.74) is 12.5. The van der Waals surface area contributed by atoms with Crippen LogP contribution in [0.1, 0.15) is 12.0 Å². The lowest BCUT2D eigenvalue weighted by Crippen LogP contribution is -2.50. The summed E-state index contributed by atoms with van der Waals surface area (Å²) in [5, 5.41) is 0. The van der Waals surface area contributed by atoms with Gasteiger partial charge in [-0.2, -0.15) is 0 Å². The van der Waals surface area contributed by atoms with Crippen molar-refractivity contribution in [2.75, 3.05) is 18.5 Å². The SMILES string of the molecule is CN(CCC(N)(C(N)=O)c1ccccc1)c1ccccc1. The zero-order valence-corrected chi connectivity index (χ0v) is 12.2. The molecule has 0 fully saturated rings. The van der Waals surface area contributed by atoms with Gasteiger partial charge >= 0.3 is 0 Å². The van der Waals surface area contributed by atoms with Crippen molar-refractivity contribution in [3.63, 3.8) is 0 Å². The van der Waals surface area contributed by atoms with Crippen molar-refractivity contribution >= 4 is 11.6 Å².